The largest absolute Gasteiger partial charge is 0.312 e. The predicted octanol–water partition coefficient (Wildman–Crippen LogP) is -1.12. The Morgan fingerprint density at radius 1 is 1.50 bits per heavy atom. The second-order valence-electron chi connectivity index (χ2n) is 3.28. The number of aromatic nitrogens is 3. The van der Waals surface area contributed by atoms with Gasteiger partial charge in [-0.2, -0.15) is 5.10 Å². The molecule has 0 aliphatic heterocycles. The van der Waals surface area contributed by atoms with Crippen molar-refractivity contribution in [1.82, 2.24) is 19.6 Å². The summed E-state index contributed by atoms with van der Waals surface area (Å²) in [6, 6.07) is 1.63. The van der Waals surface area contributed by atoms with E-state index in [0.29, 0.717) is 12.1 Å². The maximum Gasteiger partial charge on any atom is 0.276 e. The molecule has 3 N–H and O–H groups in total. The number of hydrogen-bond acceptors (Lipinski definition) is 4. The molecular formula is C9H11N5O2. The monoisotopic (exact) mass is 221 g/mol. The Bertz CT molecular complexity index is 571. The fourth-order valence-electron chi connectivity index (χ4n) is 1.43. The summed E-state index contributed by atoms with van der Waals surface area (Å²) in [6.45, 7) is 0.295. The number of hydrazine groups is 1. The number of carbonyl (C=O) groups is 1. The van der Waals surface area contributed by atoms with E-state index in [-0.39, 0.29) is 17.9 Å². The molecule has 2 aromatic heterocycles. The van der Waals surface area contributed by atoms with Gasteiger partial charge in [-0.15, -0.1) is 0 Å². The van der Waals surface area contributed by atoms with Gasteiger partial charge in [-0.1, -0.05) is 0 Å². The normalized spacial score (nSPS) is 10.6. The standard InChI is InChI=1S/C9H11N5O2/c10-12-8(15)2-4-13-5-6-14-7(9(13)16)1-3-11-14/h1,3,5-6H,2,4,10H2,(H,12,15). The van der Waals surface area contributed by atoms with Gasteiger partial charge in [0, 0.05) is 25.4 Å². The molecule has 0 aliphatic carbocycles. The highest BCUT2D eigenvalue weighted by Gasteiger charge is 2.04. The highest BCUT2D eigenvalue weighted by Crippen LogP contribution is 1.95. The Hall–Kier alpha value is -2.15. The van der Waals surface area contributed by atoms with E-state index in [9.17, 15) is 9.59 Å². The zero-order chi connectivity index (χ0) is 11.5. The molecule has 0 fully saturated rings. The molecule has 0 bridgehead atoms. The van der Waals surface area contributed by atoms with Crippen molar-refractivity contribution < 1.29 is 4.79 Å². The van der Waals surface area contributed by atoms with Crippen molar-refractivity contribution in [3.05, 3.63) is 35.0 Å². The number of carbonyl (C=O) groups excluding carboxylic acids is 1. The van der Waals surface area contributed by atoms with Crippen LogP contribution in [0.5, 0.6) is 0 Å². The van der Waals surface area contributed by atoms with Crippen molar-refractivity contribution in [2.24, 2.45) is 5.84 Å². The van der Waals surface area contributed by atoms with Crippen molar-refractivity contribution in [3.63, 3.8) is 0 Å². The Kier molecular flexibility index (Phi) is 2.69. The number of aryl methyl sites for hydroxylation is 1. The summed E-state index contributed by atoms with van der Waals surface area (Å²) in [5.41, 5.74) is 2.32. The molecule has 2 rings (SSSR count). The molecule has 1 amide bonds. The van der Waals surface area contributed by atoms with Crippen molar-refractivity contribution in [1.29, 1.82) is 0 Å². The summed E-state index contributed by atoms with van der Waals surface area (Å²) in [5.74, 6) is 4.64. The van der Waals surface area contributed by atoms with E-state index in [1.807, 2.05) is 5.43 Å². The number of fused-ring (bicyclic) bond motifs is 1. The summed E-state index contributed by atoms with van der Waals surface area (Å²) >= 11 is 0. The number of amides is 1. The molecule has 16 heavy (non-hydrogen) atoms. The highest BCUT2D eigenvalue weighted by molar-refractivity contribution is 5.75. The van der Waals surface area contributed by atoms with Gasteiger partial charge in [0.15, 0.2) is 0 Å². The molecule has 0 aliphatic rings. The first-order valence-electron chi connectivity index (χ1n) is 4.74. The van der Waals surface area contributed by atoms with Crippen LogP contribution in [0.25, 0.3) is 5.52 Å². The van der Waals surface area contributed by atoms with Gasteiger partial charge in [0.2, 0.25) is 5.91 Å². The zero-order valence-corrected chi connectivity index (χ0v) is 8.46. The first kappa shape index (κ1) is 10.4. The average Bonchev–Trinajstić information content (AvgIpc) is 2.76. The van der Waals surface area contributed by atoms with E-state index >= 15 is 0 Å². The summed E-state index contributed by atoms with van der Waals surface area (Å²) in [4.78, 5) is 22.8. The number of nitrogens with zero attached hydrogens (tertiary/aromatic N) is 3. The molecule has 0 saturated heterocycles. The Morgan fingerprint density at radius 2 is 2.31 bits per heavy atom. The molecular weight excluding hydrogens is 210 g/mol. The van der Waals surface area contributed by atoms with Gasteiger partial charge in [-0.25, -0.2) is 10.4 Å². The van der Waals surface area contributed by atoms with Crippen molar-refractivity contribution >= 4 is 11.4 Å². The third-order valence-electron chi connectivity index (χ3n) is 2.28. The van der Waals surface area contributed by atoms with Crippen molar-refractivity contribution in [3.8, 4) is 0 Å². The Labute approximate surface area is 90.4 Å². The molecule has 0 radical (unpaired) electrons. The molecule has 0 atom stereocenters. The fourth-order valence-corrected chi connectivity index (χ4v) is 1.43. The molecule has 2 aromatic rings. The van der Waals surface area contributed by atoms with Gasteiger partial charge in [-0.05, 0) is 6.07 Å². The number of rotatable bonds is 3. The SMILES string of the molecule is NNC(=O)CCn1ccn2nccc2c1=O. The van der Waals surface area contributed by atoms with E-state index in [1.165, 1.54) is 9.08 Å². The molecule has 0 unspecified atom stereocenters. The molecule has 0 aromatic carbocycles. The Morgan fingerprint density at radius 3 is 3.06 bits per heavy atom. The Balaban J connectivity index is 2.28. The van der Waals surface area contributed by atoms with E-state index in [4.69, 9.17) is 5.84 Å². The molecule has 7 nitrogen and oxygen atoms in total. The summed E-state index contributed by atoms with van der Waals surface area (Å²) < 4.78 is 2.94. The smallest absolute Gasteiger partial charge is 0.276 e. The van der Waals surface area contributed by atoms with Crippen LogP contribution < -0.4 is 16.8 Å². The molecule has 84 valence electrons. The van der Waals surface area contributed by atoms with Gasteiger partial charge in [0.1, 0.15) is 5.52 Å². The summed E-state index contributed by atoms with van der Waals surface area (Å²) in [5, 5.41) is 3.94. The lowest BCUT2D eigenvalue weighted by atomic mass is 10.4. The van der Waals surface area contributed by atoms with E-state index in [0.717, 1.165) is 0 Å². The van der Waals surface area contributed by atoms with Crippen LogP contribution in [-0.4, -0.2) is 20.1 Å². The van der Waals surface area contributed by atoms with Crippen LogP contribution in [0.1, 0.15) is 6.42 Å². The predicted molar refractivity (Wildman–Crippen MR) is 56.4 cm³/mol. The van der Waals surface area contributed by atoms with Gasteiger partial charge in [-0.3, -0.25) is 15.0 Å². The van der Waals surface area contributed by atoms with Gasteiger partial charge < -0.3 is 4.57 Å². The maximum atomic E-state index is 11.8. The lowest BCUT2D eigenvalue weighted by Crippen LogP contribution is -2.32. The van der Waals surface area contributed by atoms with Crippen LogP contribution >= 0.6 is 0 Å². The third kappa shape index (κ3) is 1.80. The van der Waals surface area contributed by atoms with Gasteiger partial charge >= 0.3 is 0 Å². The van der Waals surface area contributed by atoms with Crippen LogP contribution in [0.15, 0.2) is 29.5 Å². The van der Waals surface area contributed by atoms with Gasteiger partial charge in [0.25, 0.3) is 5.56 Å². The minimum Gasteiger partial charge on any atom is -0.312 e. The summed E-state index contributed by atoms with van der Waals surface area (Å²) in [7, 11) is 0. The third-order valence-corrected chi connectivity index (χ3v) is 2.28. The van der Waals surface area contributed by atoms with Crippen LogP contribution in [0.2, 0.25) is 0 Å². The second-order valence-corrected chi connectivity index (χ2v) is 3.28. The zero-order valence-electron chi connectivity index (χ0n) is 8.46. The number of nitrogens with two attached hydrogens (primary N) is 1. The van der Waals surface area contributed by atoms with E-state index in [1.54, 1.807) is 24.7 Å². The van der Waals surface area contributed by atoms with E-state index in [2.05, 4.69) is 5.10 Å². The lowest BCUT2D eigenvalue weighted by molar-refractivity contribution is -0.121. The second kappa shape index (κ2) is 4.15. The molecule has 2 heterocycles. The summed E-state index contributed by atoms with van der Waals surface area (Å²) in [6.07, 6.45) is 4.97. The van der Waals surface area contributed by atoms with Gasteiger partial charge in [0.05, 0.1) is 6.20 Å². The lowest BCUT2D eigenvalue weighted by Gasteiger charge is -2.04. The molecule has 0 saturated carbocycles. The fraction of sp³-hybridized carbons (Fsp3) is 0.222. The topological polar surface area (TPSA) is 94.4 Å². The highest BCUT2D eigenvalue weighted by atomic mass is 16.2. The molecule has 0 spiro atoms. The number of hydrogen-bond donors (Lipinski definition) is 2. The number of nitrogens with one attached hydrogen (secondary N) is 1. The molecule has 7 heteroatoms. The first-order valence-corrected chi connectivity index (χ1v) is 4.74. The minimum absolute atomic E-state index is 0.167. The van der Waals surface area contributed by atoms with Crippen molar-refractivity contribution in [2.75, 3.05) is 0 Å². The van der Waals surface area contributed by atoms with E-state index < -0.39 is 0 Å². The average molecular weight is 221 g/mol. The minimum atomic E-state index is -0.305. The van der Waals surface area contributed by atoms with Crippen LogP contribution in [0, 0.1) is 0 Å². The van der Waals surface area contributed by atoms with Crippen LogP contribution in [-0.2, 0) is 11.3 Å². The van der Waals surface area contributed by atoms with Crippen LogP contribution in [0.3, 0.4) is 0 Å². The first-order chi connectivity index (χ1) is 7.72. The maximum absolute atomic E-state index is 11.8. The quantitative estimate of drug-likeness (QED) is 0.390. The van der Waals surface area contributed by atoms with Crippen molar-refractivity contribution in [2.45, 2.75) is 13.0 Å². The van der Waals surface area contributed by atoms with Crippen LogP contribution in [0.4, 0.5) is 0 Å².